The number of carbonyl (C=O) groups is 1. The van der Waals surface area contributed by atoms with Gasteiger partial charge in [-0.05, 0) is 31.4 Å². The van der Waals surface area contributed by atoms with Gasteiger partial charge in [-0.2, -0.15) is 0 Å². The Bertz CT molecular complexity index is 637. The quantitative estimate of drug-likeness (QED) is 0.854. The van der Waals surface area contributed by atoms with Crippen LogP contribution in [0, 0.1) is 12.8 Å². The topological polar surface area (TPSA) is 75.7 Å². The van der Waals surface area contributed by atoms with Gasteiger partial charge in [-0.25, -0.2) is 12.7 Å². The van der Waals surface area contributed by atoms with Crippen molar-refractivity contribution in [3.05, 3.63) is 29.8 Å². The van der Waals surface area contributed by atoms with Crippen LogP contribution in [0.1, 0.15) is 18.4 Å². The van der Waals surface area contributed by atoms with Crippen molar-refractivity contribution < 1.29 is 17.9 Å². The van der Waals surface area contributed by atoms with Gasteiger partial charge in [0, 0.05) is 31.8 Å². The standard InChI is InChI=1S/C16H24N2O4S/c1-13-5-3-4-6-15(13)17-16(19)14-7-9-18(10-8-14)23(20,21)12-11-22-2/h3-6,14H,7-12H2,1-2H3,(H,17,19). The zero-order valence-electron chi connectivity index (χ0n) is 13.6. The highest BCUT2D eigenvalue weighted by Crippen LogP contribution is 2.22. The van der Waals surface area contributed by atoms with Crippen LogP contribution in [0.5, 0.6) is 0 Å². The highest BCUT2D eigenvalue weighted by molar-refractivity contribution is 7.89. The molecule has 2 rings (SSSR count). The molecule has 1 fully saturated rings. The first-order valence-electron chi connectivity index (χ1n) is 7.77. The molecule has 6 nitrogen and oxygen atoms in total. The number of anilines is 1. The number of hydrogen-bond acceptors (Lipinski definition) is 4. The summed E-state index contributed by atoms with van der Waals surface area (Å²) in [5, 5.41) is 2.94. The number of rotatable bonds is 6. The Kier molecular flexibility index (Phi) is 6.15. The molecule has 1 N–H and O–H groups in total. The SMILES string of the molecule is COCCS(=O)(=O)N1CCC(C(=O)Nc2ccccc2C)CC1. The lowest BCUT2D eigenvalue weighted by molar-refractivity contribution is -0.120. The number of benzene rings is 1. The number of methoxy groups -OCH3 is 1. The summed E-state index contributed by atoms with van der Waals surface area (Å²) >= 11 is 0. The van der Waals surface area contributed by atoms with Crippen LogP contribution in [0.2, 0.25) is 0 Å². The Morgan fingerprint density at radius 1 is 1.30 bits per heavy atom. The number of para-hydroxylation sites is 1. The summed E-state index contributed by atoms with van der Waals surface area (Å²) in [6.45, 7) is 2.91. The monoisotopic (exact) mass is 340 g/mol. The van der Waals surface area contributed by atoms with E-state index in [-0.39, 0.29) is 24.2 Å². The summed E-state index contributed by atoms with van der Waals surface area (Å²) in [7, 11) is -1.80. The molecule has 0 unspecified atom stereocenters. The van der Waals surface area contributed by atoms with E-state index in [1.54, 1.807) is 0 Å². The first-order valence-corrected chi connectivity index (χ1v) is 9.38. The molecule has 0 atom stereocenters. The second-order valence-corrected chi connectivity index (χ2v) is 7.87. The summed E-state index contributed by atoms with van der Waals surface area (Å²) in [4.78, 5) is 12.3. The number of piperidine rings is 1. The lowest BCUT2D eigenvalue weighted by atomic mass is 9.97. The van der Waals surface area contributed by atoms with Crippen LogP contribution in [0.4, 0.5) is 5.69 Å². The third-order valence-corrected chi connectivity index (χ3v) is 6.00. The van der Waals surface area contributed by atoms with Crippen molar-refractivity contribution in [3.8, 4) is 0 Å². The molecule has 1 aliphatic heterocycles. The van der Waals surface area contributed by atoms with Gasteiger partial charge in [0.2, 0.25) is 15.9 Å². The van der Waals surface area contributed by atoms with E-state index in [0.717, 1.165) is 11.3 Å². The van der Waals surface area contributed by atoms with Crippen molar-refractivity contribution in [2.75, 3.05) is 37.9 Å². The third kappa shape index (κ3) is 4.76. The van der Waals surface area contributed by atoms with Crippen molar-refractivity contribution in [3.63, 3.8) is 0 Å². The van der Waals surface area contributed by atoms with Gasteiger partial charge < -0.3 is 10.1 Å². The molecular formula is C16H24N2O4S. The van der Waals surface area contributed by atoms with Gasteiger partial charge in [0.1, 0.15) is 0 Å². The van der Waals surface area contributed by atoms with Crippen LogP contribution in [0.25, 0.3) is 0 Å². The summed E-state index contributed by atoms with van der Waals surface area (Å²) in [6, 6.07) is 7.63. The minimum Gasteiger partial charge on any atom is -0.384 e. The molecule has 0 bridgehead atoms. The van der Waals surface area contributed by atoms with E-state index in [1.807, 2.05) is 31.2 Å². The maximum atomic E-state index is 12.3. The average Bonchev–Trinajstić information content (AvgIpc) is 2.55. The lowest BCUT2D eigenvalue weighted by Gasteiger charge is -2.30. The highest BCUT2D eigenvalue weighted by atomic mass is 32.2. The second-order valence-electron chi connectivity index (χ2n) is 5.79. The van der Waals surface area contributed by atoms with E-state index < -0.39 is 10.0 Å². The van der Waals surface area contributed by atoms with Crippen LogP contribution < -0.4 is 5.32 Å². The minimum absolute atomic E-state index is 0.0103. The molecule has 0 radical (unpaired) electrons. The number of hydrogen-bond donors (Lipinski definition) is 1. The Labute approximate surface area is 137 Å². The normalized spacial score (nSPS) is 17.1. The average molecular weight is 340 g/mol. The Morgan fingerprint density at radius 3 is 2.57 bits per heavy atom. The number of carbonyl (C=O) groups excluding carboxylic acids is 1. The third-order valence-electron chi connectivity index (χ3n) is 4.17. The number of amides is 1. The predicted molar refractivity (Wildman–Crippen MR) is 89.8 cm³/mol. The van der Waals surface area contributed by atoms with Crippen molar-refractivity contribution in [1.29, 1.82) is 0 Å². The van der Waals surface area contributed by atoms with Gasteiger partial charge in [-0.15, -0.1) is 0 Å². The molecule has 0 aliphatic carbocycles. The van der Waals surface area contributed by atoms with Crippen molar-refractivity contribution >= 4 is 21.6 Å². The summed E-state index contributed by atoms with van der Waals surface area (Å²) < 4.78 is 30.5. The first-order chi connectivity index (χ1) is 10.9. The number of nitrogens with one attached hydrogen (secondary N) is 1. The number of aryl methyl sites for hydroxylation is 1. The van der Waals surface area contributed by atoms with Gasteiger partial charge in [0.15, 0.2) is 0 Å². The summed E-state index contributed by atoms with van der Waals surface area (Å²) in [6.07, 6.45) is 1.09. The van der Waals surface area contributed by atoms with E-state index in [4.69, 9.17) is 4.74 Å². The van der Waals surface area contributed by atoms with Crippen LogP contribution in [-0.2, 0) is 19.6 Å². The Hall–Kier alpha value is -1.44. The fourth-order valence-corrected chi connectivity index (χ4v) is 4.06. The van der Waals surface area contributed by atoms with E-state index in [9.17, 15) is 13.2 Å². The maximum absolute atomic E-state index is 12.3. The smallest absolute Gasteiger partial charge is 0.227 e. The highest BCUT2D eigenvalue weighted by Gasteiger charge is 2.30. The van der Waals surface area contributed by atoms with Gasteiger partial charge in [-0.3, -0.25) is 4.79 Å². The van der Waals surface area contributed by atoms with E-state index in [1.165, 1.54) is 11.4 Å². The maximum Gasteiger partial charge on any atom is 0.227 e. The Balaban J connectivity index is 1.89. The minimum atomic E-state index is -3.28. The van der Waals surface area contributed by atoms with E-state index in [2.05, 4.69) is 5.32 Å². The molecule has 128 valence electrons. The molecule has 0 saturated carbocycles. The number of nitrogens with zero attached hydrogens (tertiary/aromatic N) is 1. The van der Waals surface area contributed by atoms with Gasteiger partial charge in [-0.1, -0.05) is 18.2 Å². The van der Waals surface area contributed by atoms with Crippen LogP contribution in [-0.4, -0.2) is 51.2 Å². The molecule has 7 heteroatoms. The van der Waals surface area contributed by atoms with Gasteiger partial charge >= 0.3 is 0 Å². The summed E-state index contributed by atoms with van der Waals surface area (Å²) in [5.74, 6) is -0.194. The largest absolute Gasteiger partial charge is 0.384 e. The predicted octanol–water partition coefficient (Wildman–Crippen LogP) is 1.62. The van der Waals surface area contributed by atoms with Crippen molar-refractivity contribution in [1.82, 2.24) is 4.31 Å². The van der Waals surface area contributed by atoms with E-state index >= 15 is 0 Å². The second kappa shape index (κ2) is 7.90. The first kappa shape index (κ1) is 17.9. The van der Waals surface area contributed by atoms with E-state index in [0.29, 0.717) is 25.9 Å². The lowest BCUT2D eigenvalue weighted by Crippen LogP contribution is -2.42. The molecule has 0 aromatic heterocycles. The molecule has 1 aromatic carbocycles. The zero-order chi connectivity index (χ0) is 16.9. The summed E-state index contributed by atoms with van der Waals surface area (Å²) in [5.41, 5.74) is 1.83. The molecule has 0 spiro atoms. The molecule has 23 heavy (non-hydrogen) atoms. The number of ether oxygens (including phenoxy) is 1. The molecule has 1 heterocycles. The van der Waals surface area contributed by atoms with Crippen molar-refractivity contribution in [2.45, 2.75) is 19.8 Å². The molecule has 1 aromatic rings. The molecule has 1 saturated heterocycles. The zero-order valence-corrected chi connectivity index (χ0v) is 14.4. The molecule has 1 aliphatic rings. The van der Waals surface area contributed by atoms with Crippen LogP contribution in [0.3, 0.4) is 0 Å². The molecular weight excluding hydrogens is 316 g/mol. The fourth-order valence-electron chi connectivity index (χ4n) is 2.66. The fraction of sp³-hybridized carbons (Fsp3) is 0.562. The van der Waals surface area contributed by atoms with Crippen molar-refractivity contribution in [2.24, 2.45) is 5.92 Å². The Morgan fingerprint density at radius 2 is 1.96 bits per heavy atom. The van der Waals surface area contributed by atoms with Gasteiger partial charge in [0.25, 0.3) is 0 Å². The molecule has 1 amide bonds. The number of sulfonamides is 1. The van der Waals surface area contributed by atoms with Crippen LogP contribution >= 0.6 is 0 Å². The van der Waals surface area contributed by atoms with Gasteiger partial charge in [0.05, 0.1) is 12.4 Å². The van der Waals surface area contributed by atoms with Crippen LogP contribution in [0.15, 0.2) is 24.3 Å².